The minimum absolute atomic E-state index is 0.638. The summed E-state index contributed by atoms with van der Waals surface area (Å²) in [4.78, 5) is 22.2. The molecule has 4 aromatic rings. The molecule has 1 saturated carbocycles. The van der Waals surface area contributed by atoms with Gasteiger partial charge in [-0.1, -0.05) is 6.07 Å². The number of piperazine rings is 1. The molecule has 0 spiro atoms. The van der Waals surface area contributed by atoms with E-state index in [9.17, 15) is 0 Å². The molecule has 0 radical (unpaired) electrons. The molecule has 11 nitrogen and oxygen atoms in total. The lowest BCUT2D eigenvalue weighted by atomic mass is 9.85. The summed E-state index contributed by atoms with van der Waals surface area (Å²) >= 11 is 0. The van der Waals surface area contributed by atoms with E-state index in [0.717, 1.165) is 67.3 Å². The van der Waals surface area contributed by atoms with Crippen LogP contribution in [0.1, 0.15) is 60.7 Å². The highest BCUT2D eigenvalue weighted by Gasteiger charge is 2.46. The molecule has 5 aliphatic rings. The first-order chi connectivity index (χ1) is 20.6. The lowest BCUT2D eigenvalue weighted by Gasteiger charge is -2.58. The summed E-state index contributed by atoms with van der Waals surface area (Å²) in [5, 5.41) is 15.1. The Kier molecular flexibility index (Phi) is 6.44. The van der Waals surface area contributed by atoms with Gasteiger partial charge >= 0.3 is 0 Å². The third-order valence-electron chi connectivity index (χ3n) is 9.50. The van der Waals surface area contributed by atoms with Gasteiger partial charge in [-0.3, -0.25) is 14.9 Å². The number of anilines is 3. The third-order valence-corrected chi connectivity index (χ3v) is 9.50. The van der Waals surface area contributed by atoms with Crippen molar-refractivity contribution in [1.82, 2.24) is 44.7 Å². The van der Waals surface area contributed by atoms with E-state index in [1.807, 2.05) is 36.9 Å². The van der Waals surface area contributed by atoms with E-state index in [2.05, 4.69) is 59.7 Å². The second kappa shape index (κ2) is 10.5. The quantitative estimate of drug-likeness (QED) is 0.328. The van der Waals surface area contributed by atoms with Gasteiger partial charge in [0, 0.05) is 98.4 Å². The van der Waals surface area contributed by atoms with Crippen molar-refractivity contribution >= 4 is 17.6 Å². The van der Waals surface area contributed by atoms with Crippen molar-refractivity contribution in [1.29, 1.82) is 0 Å². The Bertz CT molecular complexity index is 1540. The average molecular weight is 566 g/mol. The minimum atomic E-state index is 0.638. The summed E-state index contributed by atoms with van der Waals surface area (Å²) in [5.74, 6) is 3.97. The molecule has 9 rings (SSSR count). The van der Waals surface area contributed by atoms with Crippen LogP contribution in [0.25, 0.3) is 5.82 Å². The molecule has 2 bridgehead atoms. The molecule has 8 heterocycles. The second-order valence-electron chi connectivity index (χ2n) is 12.6. The fourth-order valence-corrected chi connectivity index (χ4v) is 7.12. The number of piperidine rings is 2. The lowest BCUT2D eigenvalue weighted by molar-refractivity contribution is -0.0898. The van der Waals surface area contributed by atoms with Crippen molar-refractivity contribution < 1.29 is 0 Å². The van der Waals surface area contributed by atoms with Crippen LogP contribution in [-0.2, 0) is 6.54 Å². The zero-order valence-electron chi connectivity index (χ0n) is 24.4. The standard InChI is InChI=1S/C31H39N11/c1-20-13-28(35-29-14-21(2)37-38-29)36-31(34-20)39-11-8-24(9-12-39)40-18-25-15-26(19-40)41(25)17-22-3-6-30(32-16-22)42-27(7-10-33-42)23-4-5-23/h3,6-7,10,13-14,16,23-26H,4-5,8-9,11-12,15,17-19H2,1-2H3,(H2,34,35,36,37,38). The van der Waals surface area contributed by atoms with Crippen molar-refractivity contribution in [3.05, 3.63) is 65.4 Å². The monoisotopic (exact) mass is 565 g/mol. The van der Waals surface area contributed by atoms with Gasteiger partial charge in [0.25, 0.3) is 0 Å². The molecular weight excluding hydrogens is 526 g/mol. The van der Waals surface area contributed by atoms with Gasteiger partial charge < -0.3 is 10.2 Å². The van der Waals surface area contributed by atoms with E-state index in [-0.39, 0.29) is 0 Å². The van der Waals surface area contributed by atoms with Crippen LogP contribution in [-0.4, -0.2) is 89.0 Å². The minimum Gasteiger partial charge on any atom is -0.341 e. The number of pyridine rings is 1. The molecule has 218 valence electrons. The second-order valence-corrected chi connectivity index (χ2v) is 12.6. The van der Waals surface area contributed by atoms with Crippen molar-refractivity contribution in [3.63, 3.8) is 0 Å². The highest BCUT2D eigenvalue weighted by molar-refractivity contribution is 5.54. The van der Waals surface area contributed by atoms with Gasteiger partial charge in [0.1, 0.15) is 5.82 Å². The number of hydrogen-bond acceptors (Lipinski definition) is 9. The molecule has 2 unspecified atom stereocenters. The van der Waals surface area contributed by atoms with Crippen LogP contribution in [0.4, 0.5) is 17.6 Å². The van der Waals surface area contributed by atoms with Crippen molar-refractivity contribution in [2.45, 2.75) is 76.5 Å². The maximum absolute atomic E-state index is 4.82. The predicted molar refractivity (Wildman–Crippen MR) is 161 cm³/mol. The Morgan fingerprint density at radius 2 is 1.76 bits per heavy atom. The SMILES string of the molecule is Cc1cc(Nc2cc(C)[nH]n2)nc(N2CCC(N3CC4CC(C3)N4Cc3ccc(-n4nccc4C4CC4)nc3)CC2)n1. The van der Waals surface area contributed by atoms with Crippen LogP contribution in [0.15, 0.2) is 42.7 Å². The van der Waals surface area contributed by atoms with E-state index in [4.69, 9.17) is 15.0 Å². The van der Waals surface area contributed by atoms with Crippen LogP contribution < -0.4 is 10.2 Å². The number of H-pyrrole nitrogens is 1. The Hall–Kier alpha value is -3.83. The Labute approximate surface area is 246 Å². The molecule has 42 heavy (non-hydrogen) atoms. The molecule has 4 aromatic heterocycles. The van der Waals surface area contributed by atoms with Crippen LogP contribution in [0.2, 0.25) is 0 Å². The summed E-state index contributed by atoms with van der Waals surface area (Å²) in [6, 6.07) is 12.4. The summed E-state index contributed by atoms with van der Waals surface area (Å²) < 4.78 is 2.02. The number of nitrogens with zero attached hydrogens (tertiary/aromatic N) is 9. The number of aryl methyl sites for hydroxylation is 2. The first kappa shape index (κ1) is 25.8. The van der Waals surface area contributed by atoms with Crippen molar-refractivity contribution in [2.24, 2.45) is 0 Å². The molecule has 11 heteroatoms. The van der Waals surface area contributed by atoms with Gasteiger partial charge in [-0.25, -0.2) is 14.6 Å². The van der Waals surface area contributed by atoms with E-state index >= 15 is 0 Å². The van der Waals surface area contributed by atoms with Crippen LogP contribution >= 0.6 is 0 Å². The molecule has 1 aliphatic carbocycles. The number of aromatic nitrogens is 7. The van der Waals surface area contributed by atoms with Crippen molar-refractivity contribution in [3.8, 4) is 5.82 Å². The summed E-state index contributed by atoms with van der Waals surface area (Å²) in [6.45, 7) is 9.32. The average Bonchev–Trinajstić information content (AvgIpc) is 3.59. The predicted octanol–water partition coefficient (Wildman–Crippen LogP) is 3.95. The fraction of sp³-hybridized carbons (Fsp3) is 0.516. The topological polar surface area (TPSA) is 107 Å². The van der Waals surface area contributed by atoms with Gasteiger partial charge in [0.2, 0.25) is 5.95 Å². The summed E-state index contributed by atoms with van der Waals surface area (Å²) in [6.07, 6.45) is 10.1. The van der Waals surface area contributed by atoms with E-state index in [1.165, 1.54) is 43.6 Å². The molecule has 0 aromatic carbocycles. The molecule has 4 saturated heterocycles. The van der Waals surface area contributed by atoms with Gasteiger partial charge in [-0.15, -0.1) is 0 Å². The van der Waals surface area contributed by atoms with Crippen molar-refractivity contribution in [2.75, 3.05) is 36.4 Å². The Morgan fingerprint density at radius 1 is 0.929 bits per heavy atom. The maximum Gasteiger partial charge on any atom is 0.227 e. The van der Waals surface area contributed by atoms with E-state index < -0.39 is 0 Å². The number of aromatic amines is 1. The van der Waals surface area contributed by atoms with Crippen LogP contribution in [0, 0.1) is 13.8 Å². The molecule has 0 amide bonds. The highest BCUT2D eigenvalue weighted by atomic mass is 15.4. The Balaban J connectivity index is 0.848. The maximum atomic E-state index is 4.82. The molecule has 4 aliphatic heterocycles. The number of hydrogen-bond donors (Lipinski definition) is 2. The summed E-state index contributed by atoms with van der Waals surface area (Å²) in [7, 11) is 0. The zero-order valence-corrected chi connectivity index (χ0v) is 24.4. The zero-order chi connectivity index (χ0) is 28.2. The van der Waals surface area contributed by atoms with Crippen LogP contribution in [0.3, 0.4) is 0 Å². The fourth-order valence-electron chi connectivity index (χ4n) is 7.12. The number of nitrogens with one attached hydrogen (secondary N) is 2. The van der Waals surface area contributed by atoms with Gasteiger partial charge in [0.05, 0.1) is 0 Å². The largest absolute Gasteiger partial charge is 0.341 e. The third kappa shape index (κ3) is 5.05. The van der Waals surface area contributed by atoms with Gasteiger partial charge in [-0.2, -0.15) is 15.2 Å². The first-order valence-electron chi connectivity index (χ1n) is 15.4. The smallest absolute Gasteiger partial charge is 0.227 e. The van der Waals surface area contributed by atoms with E-state index in [1.54, 1.807) is 0 Å². The Morgan fingerprint density at radius 3 is 2.48 bits per heavy atom. The number of rotatable bonds is 8. The summed E-state index contributed by atoms with van der Waals surface area (Å²) in [5.41, 5.74) is 4.57. The molecule has 2 N–H and O–H groups in total. The number of fused-ring (bicyclic) bond motifs is 2. The molecule has 2 atom stereocenters. The highest BCUT2D eigenvalue weighted by Crippen LogP contribution is 2.40. The molecule has 5 fully saturated rings. The van der Waals surface area contributed by atoms with Crippen LogP contribution in [0.5, 0.6) is 0 Å². The normalized spacial score (nSPS) is 23.2. The van der Waals surface area contributed by atoms with Gasteiger partial charge in [-0.05, 0) is 63.6 Å². The first-order valence-corrected chi connectivity index (χ1v) is 15.4. The molecular formula is C31H39N11. The lowest BCUT2D eigenvalue weighted by Crippen LogP contribution is -2.69. The van der Waals surface area contributed by atoms with Gasteiger partial charge in [0.15, 0.2) is 11.6 Å². The van der Waals surface area contributed by atoms with E-state index in [0.29, 0.717) is 24.0 Å².